The maximum absolute atomic E-state index is 12.1. The second-order valence-corrected chi connectivity index (χ2v) is 7.25. The van der Waals surface area contributed by atoms with Gasteiger partial charge in [-0.3, -0.25) is 14.4 Å². The molecule has 0 aliphatic carbocycles. The lowest BCUT2D eigenvalue weighted by Crippen LogP contribution is -2.49. The molecular formula is C21H30N4O8. The first-order chi connectivity index (χ1) is 15.7. The first-order valence-electron chi connectivity index (χ1n) is 10.4. The van der Waals surface area contributed by atoms with Crippen LogP contribution in [0.15, 0.2) is 30.3 Å². The summed E-state index contributed by atoms with van der Waals surface area (Å²) in [4.78, 5) is 56.5. The Bertz CT molecular complexity index is 790. The zero-order chi connectivity index (χ0) is 24.6. The van der Waals surface area contributed by atoms with Crippen LogP contribution in [0.3, 0.4) is 0 Å². The van der Waals surface area contributed by atoms with E-state index in [1.165, 1.54) is 0 Å². The largest absolute Gasteiger partial charge is 0.481 e. The number of benzene rings is 1. The zero-order valence-corrected chi connectivity index (χ0v) is 18.1. The third-order valence-corrected chi connectivity index (χ3v) is 4.59. The molecular weight excluding hydrogens is 436 g/mol. The number of hydrogen-bond acceptors (Lipinski definition) is 7. The molecule has 0 saturated carbocycles. The van der Waals surface area contributed by atoms with Gasteiger partial charge in [-0.2, -0.15) is 0 Å². The van der Waals surface area contributed by atoms with Crippen molar-refractivity contribution in [2.24, 2.45) is 5.73 Å². The number of carbonyl (C=O) groups excluding carboxylic acids is 3. The third-order valence-electron chi connectivity index (χ3n) is 4.59. The van der Waals surface area contributed by atoms with Crippen LogP contribution in [0, 0.1) is 0 Å². The highest BCUT2D eigenvalue weighted by molar-refractivity contribution is 5.83. The van der Waals surface area contributed by atoms with E-state index in [0.717, 1.165) is 5.56 Å². The Hall–Kier alpha value is -3.67. The van der Waals surface area contributed by atoms with Crippen molar-refractivity contribution in [2.75, 3.05) is 6.54 Å². The molecule has 12 heteroatoms. The molecule has 0 saturated heterocycles. The summed E-state index contributed by atoms with van der Waals surface area (Å²) in [5.74, 6) is -2.88. The van der Waals surface area contributed by atoms with E-state index in [0.29, 0.717) is 25.8 Å². The summed E-state index contributed by atoms with van der Waals surface area (Å²) in [6.45, 7) is 0.478. The van der Waals surface area contributed by atoms with Crippen LogP contribution in [0.2, 0.25) is 0 Å². The van der Waals surface area contributed by atoms with E-state index in [-0.39, 0.29) is 25.2 Å². The van der Waals surface area contributed by atoms with E-state index in [1.807, 2.05) is 30.3 Å². The molecule has 0 heterocycles. The van der Waals surface area contributed by atoms with E-state index in [9.17, 15) is 24.0 Å². The van der Waals surface area contributed by atoms with Gasteiger partial charge in [0.2, 0.25) is 5.91 Å². The second-order valence-electron chi connectivity index (χ2n) is 7.25. The molecule has 3 amide bonds. The SMILES string of the molecule is N[C@@H](Cc1ccccc1)C(=O)NCCCC[C@H](NC(=O)N[C@@H](CCC(=O)O)C(=O)O)OC=O. The van der Waals surface area contributed by atoms with Gasteiger partial charge in [0.1, 0.15) is 6.04 Å². The number of nitrogens with one attached hydrogen (secondary N) is 3. The van der Waals surface area contributed by atoms with E-state index >= 15 is 0 Å². The number of amides is 3. The van der Waals surface area contributed by atoms with Gasteiger partial charge in [-0.15, -0.1) is 0 Å². The first-order valence-corrected chi connectivity index (χ1v) is 10.4. The molecule has 182 valence electrons. The number of hydrogen-bond donors (Lipinski definition) is 6. The van der Waals surface area contributed by atoms with Gasteiger partial charge in [-0.25, -0.2) is 9.59 Å². The predicted octanol–water partition coefficient (Wildman–Crippen LogP) is -0.0408. The minimum Gasteiger partial charge on any atom is -0.481 e. The highest BCUT2D eigenvalue weighted by Gasteiger charge is 2.22. The quantitative estimate of drug-likeness (QED) is 0.110. The Kier molecular flexibility index (Phi) is 12.6. The molecule has 3 atom stereocenters. The molecule has 12 nitrogen and oxygen atoms in total. The van der Waals surface area contributed by atoms with Gasteiger partial charge >= 0.3 is 18.0 Å². The molecule has 0 aromatic heterocycles. The van der Waals surface area contributed by atoms with Crippen molar-refractivity contribution in [1.29, 1.82) is 0 Å². The molecule has 0 aliphatic rings. The number of carboxylic acid groups (broad SMARTS) is 2. The summed E-state index contributed by atoms with van der Waals surface area (Å²) in [5, 5.41) is 24.9. The van der Waals surface area contributed by atoms with Gasteiger partial charge < -0.3 is 36.6 Å². The Morgan fingerprint density at radius 3 is 2.33 bits per heavy atom. The topological polar surface area (TPSA) is 197 Å². The minimum atomic E-state index is -1.41. The molecule has 0 aliphatic heterocycles. The molecule has 33 heavy (non-hydrogen) atoms. The van der Waals surface area contributed by atoms with Crippen molar-refractivity contribution in [3.05, 3.63) is 35.9 Å². The lowest BCUT2D eigenvalue weighted by Gasteiger charge is -2.19. The average Bonchev–Trinajstić information content (AvgIpc) is 2.76. The lowest BCUT2D eigenvalue weighted by molar-refractivity contribution is -0.141. The van der Waals surface area contributed by atoms with Crippen LogP contribution in [0.25, 0.3) is 0 Å². The van der Waals surface area contributed by atoms with Crippen molar-refractivity contribution in [1.82, 2.24) is 16.0 Å². The van der Waals surface area contributed by atoms with Crippen LogP contribution >= 0.6 is 0 Å². The van der Waals surface area contributed by atoms with Crippen LogP contribution in [-0.2, 0) is 30.3 Å². The fourth-order valence-corrected chi connectivity index (χ4v) is 2.87. The summed E-state index contributed by atoms with van der Waals surface area (Å²) in [6, 6.07) is 6.36. The Morgan fingerprint density at radius 1 is 1.03 bits per heavy atom. The van der Waals surface area contributed by atoms with Crippen LogP contribution in [0.5, 0.6) is 0 Å². The fraction of sp³-hybridized carbons (Fsp3) is 0.476. The van der Waals surface area contributed by atoms with Crippen LogP contribution in [-0.4, -0.2) is 65.4 Å². The number of nitrogens with two attached hydrogens (primary N) is 1. The summed E-state index contributed by atoms with van der Waals surface area (Å²) < 4.78 is 4.78. The van der Waals surface area contributed by atoms with Crippen molar-refractivity contribution in [2.45, 2.75) is 56.8 Å². The Morgan fingerprint density at radius 2 is 1.73 bits per heavy atom. The average molecular weight is 466 g/mol. The van der Waals surface area contributed by atoms with E-state index in [1.54, 1.807) is 0 Å². The number of aliphatic carboxylic acids is 2. The molecule has 0 unspecified atom stereocenters. The second kappa shape index (κ2) is 15.2. The number of rotatable bonds is 16. The van der Waals surface area contributed by atoms with E-state index in [4.69, 9.17) is 20.7 Å². The first kappa shape index (κ1) is 27.4. The number of carboxylic acids is 2. The molecule has 0 fully saturated rings. The number of urea groups is 1. The molecule has 1 aromatic rings. The molecule has 1 aromatic carbocycles. The summed E-state index contributed by atoms with van der Waals surface area (Å²) in [7, 11) is 0. The van der Waals surface area contributed by atoms with Crippen molar-refractivity contribution in [3.63, 3.8) is 0 Å². The van der Waals surface area contributed by atoms with Gasteiger partial charge in [0, 0.05) is 19.4 Å². The molecule has 1 rings (SSSR count). The Balaban J connectivity index is 2.35. The van der Waals surface area contributed by atoms with Crippen LogP contribution in [0.1, 0.15) is 37.7 Å². The van der Waals surface area contributed by atoms with Gasteiger partial charge in [0.15, 0.2) is 6.23 Å². The molecule has 0 bridgehead atoms. The standard InChI is InChI=1S/C21H30N4O8/c22-15(12-14-6-2-1-3-7-14)19(29)23-11-5-4-8-17(33-13-26)25-21(32)24-16(20(30)31)9-10-18(27)28/h1-3,6-7,13,15-17H,4-5,8-12,22H2,(H,23,29)(H,27,28)(H,30,31)(H2,24,25,32)/t15-,16-,17+/m0/s1. The maximum Gasteiger partial charge on any atom is 0.326 e. The zero-order valence-electron chi connectivity index (χ0n) is 18.1. The fourth-order valence-electron chi connectivity index (χ4n) is 2.87. The highest BCUT2D eigenvalue weighted by atomic mass is 16.5. The van der Waals surface area contributed by atoms with Gasteiger partial charge in [-0.1, -0.05) is 30.3 Å². The highest BCUT2D eigenvalue weighted by Crippen LogP contribution is 2.04. The van der Waals surface area contributed by atoms with Crippen LogP contribution in [0.4, 0.5) is 4.79 Å². The summed E-state index contributed by atoms with van der Waals surface area (Å²) in [6.07, 6.45) is -0.158. The summed E-state index contributed by atoms with van der Waals surface area (Å²) in [5.41, 5.74) is 6.86. The maximum atomic E-state index is 12.1. The van der Waals surface area contributed by atoms with Gasteiger partial charge in [0.25, 0.3) is 6.47 Å². The van der Waals surface area contributed by atoms with Gasteiger partial charge in [0.05, 0.1) is 6.04 Å². The smallest absolute Gasteiger partial charge is 0.326 e. The van der Waals surface area contributed by atoms with Gasteiger partial charge in [-0.05, 0) is 31.2 Å². The van der Waals surface area contributed by atoms with Crippen molar-refractivity contribution < 1.29 is 38.9 Å². The van der Waals surface area contributed by atoms with Crippen LogP contribution < -0.4 is 21.7 Å². The number of unbranched alkanes of at least 4 members (excludes halogenated alkanes) is 1. The summed E-state index contributed by atoms with van der Waals surface area (Å²) >= 11 is 0. The molecule has 0 spiro atoms. The monoisotopic (exact) mass is 466 g/mol. The predicted molar refractivity (Wildman–Crippen MR) is 116 cm³/mol. The van der Waals surface area contributed by atoms with Crippen molar-refractivity contribution >= 4 is 30.3 Å². The normalized spacial score (nSPS) is 13.1. The lowest BCUT2D eigenvalue weighted by atomic mass is 10.1. The van der Waals surface area contributed by atoms with E-state index < -0.39 is 42.7 Å². The Labute approximate surface area is 190 Å². The molecule has 0 radical (unpaired) electrons. The third kappa shape index (κ3) is 12.1. The minimum absolute atomic E-state index is 0.147. The van der Waals surface area contributed by atoms with Crippen molar-refractivity contribution in [3.8, 4) is 0 Å². The molecule has 7 N–H and O–H groups in total. The number of ether oxygens (including phenoxy) is 1. The number of carbonyl (C=O) groups is 5. The van der Waals surface area contributed by atoms with E-state index in [2.05, 4.69) is 16.0 Å².